The van der Waals surface area contributed by atoms with E-state index < -0.39 is 5.82 Å². The maximum Gasteiger partial charge on any atom is 0.253 e. The topological polar surface area (TPSA) is 67.2 Å². The summed E-state index contributed by atoms with van der Waals surface area (Å²) in [7, 11) is 0. The third-order valence-corrected chi connectivity index (χ3v) is 2.72. The van der Waals surface area contributed by atoms with Crippen LogP contribution in [0.3, 0.4) is 0 Å². The number of halogens is 1. The summed E-state index contributed by atoms with van der Waals surface area (Å²) >= 11 is 0. The Balaban J connectivity index is 2.54. The van der Waals surface area contributed by atoms with Crippen molar-refractivity contribution in [3.63, 3.8) is 0 Å². The number of nitrogen functional groups attached to an aromatic ring is 1. The molecular weight excluding hydrogens is 233 g/mol. The lowest BCUT2D eigenvalue weighted by molar-refractivity contribution is 0.0953. The van der Waals surface area contributed by atoms with Crippen molar-refractivity contribution in [2.45, 2.75) is 32.6 Å². The van der Waals surface area contributed by atoms with Crippen molar-refractivity contribution in [1.29, 1.82) is 0 Å². The molecule has 0 aliphatic heterocycles. The lowest BCUT2D eigenvalue weighted by Crippen LogP contribution is -2.26. The number of amides is 1. The van der Waals surface area contributed by atoms with E-state index in [2.05, 4.69) is 17.7 Å². The fourth-order valence-electron chi connectivity index (χ4n) is 1.71. The molecule has 4 nitrogen and oxygen atoms in total. The average molecular weight is 253 g/mol. The van der Waals surface area contributed by atoms with Crippen LogP contribution in [0.1, 0.15) is 43.0 Å². The summed E-state index contributed by atoms with van der Waals surface area (Å²) < 4.78 is 13.4. The van der Waals surface area contributed by atoms with Gasteiger partial charge in [0.1, 0.15) is 5.82 Å². The molecule has 1 amide bonds. The van der Waals surface area contributed by atoms with E-state index in [4.69, 9.17) is 5.84 Å². The normalized spacial score (nSPS) is 10.2. The number of nitrogens with one attached hydrogen (secondary N) is 2. The zero-order valence-corrected chi connectivity index (χ0v) is 10.6. The van der Waals surface area contributed by atoms with Crippen LogP contribution in [0.4, 0.5) is 10.1 Å². The van der Waals surface area contributed by atoms with Gasteiger partial charge >= 0.3 is 0 Å². The second-order valence-corrected chi connectivity index (χ2v) is 4.12. The molecule has 0 saturated carbocycles. The van der Waals surface area contributed by atoms with Crippen molar-refractivity contribution >= 4 is 11.6 Å². The van der Waals surface area contributed by atoms with E-state index in [0.717, 1.165) is 25.7 Å². The highest BCUT2D eigenvalue weighted by atomic mass is 19.1. The van der Waals surface area contributed by atoms with Gasteiger partial charge in [-0.05, 0) is 18.6 Å². The summed E-state index contributed by atoms with van der Waals surface area (Å²) in [5.41, 5.74) is 2.48. The maximum absolute atomic E-state index is 13.4. The number of rotatable bonds is 7. The molecule has 5 heteroatoms. The van der Waals surface area contributed by atoms with Crippen LogP contribution in [0.5, 0.6) is 0 Å². The molecule has 0 unspecified atom stereocenters. The van der Waals surface area contributed by atoms with Crippen LogP contribution in [0, 0.1) is 5.82 Å². The standard InChI is InChI=1S/C13H20FN3O/c1-2-3-4-5-9-16-13(18)10-7-6-8-11(14)12(10)17-15/h6-8,17H,2-5,9,15H2,1H3,(H,16,18). The van der Waals surface area contributed by atoms with Crippen molar-refractivity contribution < 1.29 is 9.18 Å². The molecule has 0 radical (unpaired) electrons. The Morgan fingerprint density at radius 1 is 1.33 bits per heavy atom. The van der Waals surface area contributed by atoms with Crippen LogP contribution in [-0.2, 0) is 0 Å². The number of nitrogens with two attached hydrogens (primary N) is 1. The van der Waals surface area contributed by atoms with Gasteiger partial charge in [-0.15, -0.1) is 0 Å². The van der Waals surface area contributed by atoms with Crippen LogP contribution in [0.2, 0.25) is 0 Å². The zero-order valence-electron chi connectivity index (χ0n) is 10.6. The predicted octanol–water partition coefficient (Wildman–Crippen LogP) is 2.42. The van der Waals surface area contributed by atoms with E-state index >= 15 is 0 Å². The fourth-order valence-corrected chi connectivity index (χ4v) is 1.71. The molecule has 4 N–H and O–H groups in total. The molecule has 1 rings (SSSR count). The summed E-state index contributed by atoms with van der Waals surface area (Å²) in [5.74, 6) is 4.38. The smallest absolute Gasteiger partial charge is 0.253 e. The van der Waals surface area contributed by atoms with Crippen LogP contribution in [0.25, 0.3) is 0 Å². The van der Waals surface area contributed by atoms with Gasteiger partial charge in [-0.1, -0.05) is 32.3 Å². The van der Waals surface area contributed by atoms with Crippen molar-refractivity contribution in [3.05, 3.63) is 29.6 Å². The van der Waals surface area contributed by atoms with Crippen LogP contribution in [-0.4, -0.2) is 12.5 Å². The summed E-state index contributed by atoms with van der Waals surface area (Å²) in [4.78, 5) is 11.8. The number of carbonyl (C=O) groups excluding carboxylic acids is 1. The van der Waals surface area contributed by atoms with Gasteiger partial charge in [0.15, 0.2) is 0 Å². The second-order valence-electron chi connectivity index (χ2n) is 4.12. The van der Waals surface area contributed by atoms with Crippen molar-refractivity contribution in [1.82, 2.24) is 5.32 Å². The summed E-state index contributed by atoms with van der Waals surface area (Å²) in [6, 6.07) is 4.29. The number of carbonyl (C=O) groups is 1. The minimum absolute atomic E-state index is 0.0311. The molecule has 1 aromatic rings. The summed E-state index contributed by atoms with van der Waals surface area (Å²) in [6.45, 7) is 2.73. The molecule has 0 bridgehead atoms. The molecule has 0 atom stereocenters. The Labute approximate surface area is 107 Å². The fraction of sp³-hybridized carbons (Fsp3) is 0.462. The lowest BCUT2D eigenvalue weighted by Gasteiger charge is -2.10. The van der Waals surface area contributed by atoms with E-state index in [1.54, 1.807) is 6.07 Å². The second kappa shape index (κ2) is 7.66. The molecule has 1 aromatic carbocycles. The van der Waals surface area contributed by atoms with Gasteiger partial charge in [0.25, 0.3) is 5.91 Å². The first-order valence-corrected chi connectivity index (χ1v) is 6.24. The average Bonchev–Trinajstić information content (AvgIpc) is 2.38. The van der Waals surface area contributed by atoms with Crippen molar-refractivity contribution in [2.75, 3.05) is 12.0 Å². The minimum atomic E-state index is -0.531. The Hall–Kier alpha value is -1.62. The molecule has 0 fully saturated rings. The maximum atomic E-state index is 13.4. The van der Waals surface area contributed by atoms with Gasteiger partial charge < -0.3 is 10.7 Å². The third kappa shape index (κ3) is 4.00. The van der Waals surface area contributed by atoms with E-state index in [-0.39, 0.29) is 17.2 Å². The Morgan fingerprint density at radius 2 is 2.11 bits per heavy atom. The Kier molecular flexibility index (Phi) is 6.14. The van der Waals surface area contributed by atoms with Gasteiger partial charge in [-0.3, -0.25) is 10.6 Å². The van der Waals surface area contributed by atoms with Gasteiger partial charge in [0.05, 0.1) is 11.3 Å². The largest absolute Gasteiger partial charge is 0.352 e. The molecular formula is C13H20FN3O. The van der Waals surface area contributed by atoms with E-state index in [0.29, 0.717) is 6.54 Å². The number of hydrogen-bond acceptors (Lipinski definition) is 3. The molecule has 0 aromatic heterocycles. The third-order valence-electron chi connectivity index (χ3n) is 2.72. The van der Waals surface area contributed by atoms with Gasteiger partial charge in [0, 0.05) is 6.54 Å². The lowest BCUT2D eigenvalue weighted by atomic mass is 10.1. The SMILES string of the molecule is CCCCCCNC(=O)c1cccc(F)c1NN. The highest BCUT2D eigenvalue weighted by Crippen LogP contribution is 2.18. The first-order valence-electron chi connectivity index (χ1n) is 6.24. The van der Waals surface area contributed by atoms with Crippen LogP contribution >= 0.6 is 0 Å². The highest BCUT2D eigenvalue weighted by Gasteiger charge is 2.13. The molecule has 0 heterocycles. The number of para-hydroxylation sites is 1. The number of anilines is 1. The number of hydrazine groups is 1. The highest BCUT2D eigenvalue weighted by molar-refractivity contribution is 5.99. The first-order chi connectivity index (χ1) is 8.70. The Morgan fingerprint density at radius 3 is 2.78 bits per heavy atom. The molecule has 0 saturated heterocycles. The molecule has 0 spiro atoms. The number of hydrogen-bond donors (Lipinski definition) is 3. The van der Waals surface area contributed by atoms with Gasteiger partial charge in [0.2, 0.25) is 0 Å². The quantitative estimate of drug-likeness (QED) is 0.397. The van der Waals surface area contributed by atoms with Crippen LogP contribution < -0.4 is 16.6 Å². The molecule has 100 valence electrons. The summed E-state index contributed by atoms with van der Waals surface area (Å²) in [5, 5.41) is 2.76. The zero-order chi connectivity index (χ0) is 13.4. The van der Waals surface area contributed by atoms with E-state index in [1.807, 2.05) is 0 Å². The minimum Gasteiger partial charge on any atom is -0.352 e. The number of benzene rings is 1. The molecule has 18 heavy (non-hydrogen) atoms. The predicted molar refractivity (Wildman–Crippen MR) is 70.7 cm³/mol. The van der Waals surface area contributed by atoms with Crippen LogP contribution in [0.15, 0.2) is 18.2 Å². The molecule has 0 aliphatic carbocycles. The molecule has 0 aliphatic rings. The van der Waals surface area contributed by atoms with Gasteiger partial charge in [-0.2, -0.15) is 0 Å². The Bertz CT molecular complexity index is 396. The van der Waals surface area contributed by atoms with E-state index in [1.165, 1.54) is 12.1 Å². The van der Waals surface area contributed by atoms with Crippen molar-refractivity contribution in [2.24, 2.45) is 5.84 Å². The summed E-state index contributed by atoms with van der Waals surface area (Å²) in [6.07, 6.45) is 4.33. The van der Waals surface area contributed by atoms with E-state index in [9.17, 15) is 9.18 Å². The van der Waals surface area contributed by atoms with Crippen molar-refractivity contribution in [3.8, 4) is 0 Å². The number of unbranched alkanes of at least 4 members (excludes halogenated alkanes) is 3. The monoisotopic (exact) mass is 253 g/mol. The van der Waals surface area contributed by atoms with Gasteiger partial charge in [-0.25, -0.2) is 4.39 Å². The first kappa shape index (κ1) is 14.4.